The number of aliphatic hydroxyl groups is 1. The zero-order valence-corrected chi connectivity index (χ0v) is 14.3. The third kappa shape index (κ3) is 3.16. The van der Waals surface area contributed by atoms with Crippen LogP contribution in [0.15, 0.2) is 24.3 Å². The van der Waals surface area contributed by atoms with E-state index in [4.69, 9.17) is 10.5 Å². The van der Waals surface area contributed by atoms with Crippen molar-refractivity contribution in [2.24, 2.45) is 5.73 Å². The van der Waals surface area contributed by atoms with Crippen LogP contribution in [0.4, 0.5) is 0 Å². The maximum absolute atomic E-state index is 10.8. The lowest BCUT2D eigenvalue weighted by molar-refractivity contribution is 0.0173. The van der Waals surface area contributed by atoms with Crippen molar-refractivity contribution >= 4 is 11.8 Å². The fourth-order valence-corrected chi connectivity index (χ4v) is 4.08. The molecular weight excluding hydrogens is 362 g/mol. The van der Waals surface area contributed by atoms with Crippen LogP contribution in [0.5, 0.6) is 34.5 Å². The van der Waals surface area contributed by atoms with Crippen LogP contribution < -0.4 is 10.5 Å². The first-order valence-corrected chi connectivity index (χ1v) is 8.85. The summed E-state index contributed by atoms with van der Waals surface area (Å²) in [7, 11) is 0. The van der Waals surface area contributed by atoms with Crippen molar-refractivity contribution in [3.63, 3.8) is 0 Å². The molecule has 0 bridgehead atoms. The van der Waals surface area contributed by atoms with Gasteiger partial charge in [-0.15, -0.1) is 11.8 Å². The summed E-state index contributed by atoms with van der Waals surface area (Å²) in [5, 5.41) is 59.1. The summed E-state index contributed by atoms with van der Waals surface area (Å²) in [6.07, 6.45) is -2.17. The van der Waals surface area contributed by atoms with Gasteiger partial charge in [-0.1, -0.05) is 0 Å². The number of phenols is 5. The third-order valence-corrected chi connectivity index (χ3v) is 5.44. The quantitative estimate of drug-likeness (QED) is 0.389. The smallest absolute Gasteiger partial charge is 0.200 e. The van der Waals surface area contributed by atoms with E-state index >= 15 is 0 Å². The Balaban J connectivity index is 2.08. The molecule has 0 saturated heterocycles. The number of fused-ring (bicyclic) bond motifs is 1. The number of nitrogens with two attached hydrogens (primary N) is 1. The molecule has 1 aliphatic heterocycles. The summed E-state index contributed by atoms with van der Waals surface area (Å²) < 4.78 is 5.73. The second-order valence-corrected chi connectivity index (χ2v) is 7.14. The number of hydrogen-bond donors (Lipinski definition) is 7. The van der Waals surface area contributed by atoms with Crippen LogP contribution in [0.2, 0.25) is 0 Å². The lowest BCUT2D eigenvalue weighted by atomic mass is 9.93. The molecule has 0 saturated carbocycles. The predicted octanol–water partition coefficient (Wildman–Crippen LogP) is 1.44. The SMILES string of the molecule is NCCSC1c2c(O)cc(O)cc2O[C@H](c2cc(O)c(O)c(O)c2)[C@H]1O. The molecule has 0 amide bonds. The van der Waals surface area contributed by atoms with Gasteiger partial charge < -0.3 is 41.1 Å². The maximum Gasteiger partial charge on any atom is 0.200 e. The first-order valence-electron chi connectivity index (χ1n) is 7.80. The van der Waals surface area contributed by atoms with Crippen LogP contribution in [0.1, 0.15) is 22.5 Å². The number of aliphatic hydroxyl groups excluding tert-OH is 1. The van der Waals surface area contributed by atoms with Crippen molar-refractivity contribution in [1.29, 1.82) is 0 Å². The van der Waals surface area contributed by atoms with Gasteiger partial charge >= 0.3 is 0 Å². The maximum atomic E-state index is 10.8. The Morgan fingerprint density at radius 2 is 1.62 bits per heavy atom. The Morgan fingerprint density at radius 3 is 2.23 bits per heavy atom. The van der Waals surface area contributed by atoms with E-state index in [1.165, 1.54) is 30.0 Å². The molecule has 1 aliphatic rings. The average Bonchev–Trinajstić information content (AvgIpc) is 2.58. The fraction of sp³-hybridized carbons (Fsp3) is 0.294. The van der Waals surface area contributed by atoms with E-state index in [9.17, 15) is 30.6 Å². The minimum Gasteiger partial charge on any atom is -0.508 e. The van der Waals surface area contributed by atoms with E-state index < -0.39 is 34.7 Å². The van der Waals surface area contributed by atoms with Gasteiger partial charge in [0.25, 0.3) is 0 Å². The van der Waals surface area contributed by atoms with Gasteiger partial charge in [-0.05, 0) is 12.1 Å². The molecule has 1 heterocycles. The molecule has 0 aliphatic carbocycles. The molecule has 0 fully saturated rings. The summed E-state index contributed by atoms with van der Waals surface area (Å²) in [6, 6.07) is 4.80. The van der Waals surface area contributed by atoms with Crippen molar-refractivity contribution in [1.82, 2.24) is 0 Å². The van der Waals surface area contributed by atoms with Gasteiger partial charge in [0.05, 0.1) is 10.8 Å². The fourth-order valence-electron chi connectivity index (χ4n) is 2.95. The van der Waals surface area contributed by atoms with Gasteiger partial charge in [0, 0.05) is 30.0 Å². The number of benzene rings is 2. The molecule has 3 rings (SSSR count). The molecule has 0 radical (unpaired) electrons. The Kier molecular flexibility index (Phi) is 4.94. The topological polar surface area (TPSA) is 157 Å². The molecule has 1 unspecified atom stereocenters. The monoisotopic (exact) mass is 381 g/mol. The van der Waals surface area contributed by atoms with Gasteiger partial charge in [-0.3, -0.25) is 0 Å². The van der Waals surface area contributed by atoms with E-state index in [2.05, 4.69) is 0 Å². The highest BCUT2D eigenvalue weighted by molar-refractivity contribution is 7.99. The number of aromatic hydroxyl groups is 5. The van der Waals surface area contributed by atoms with Crippen LogP contribution >= 0.6 is 11.8 Å². The minimum absolute atomic E-state index is 0.166. The Labute approximate surface area is 153 Å². The highest BCUT2D eigenvalue weighted by atomic mass is 32.2. The minimum atomic E-state index is -1.15. The Morgan fingerprint density at radius 1 is 0.962 bits per heavy atom. The standard InChI is InChI=1S/C17H19NO7S/c18-1-2-26-17-13-9(20)5-8(19)6-12(13)25-16(15(17)24)7-3-10(21)14(23)11(22)4-7/h3-6,15-17,19-24H,1-2,18H2/t15-,16-,17?/m1/s1. The van der Waals surface area contributed by atoms with Crippen molar-refractivity contribution in [2.75, 3.05) is 12.3 Å². The molecule has 9 heteroatoms. The zero-order chi connectivity index (χ0) is 19.0. The van der Waals surface area contributed by atoms with E-state index in [1.807, 2.05) is 0 Å². The van der Waals surface area contributed by atoms with Gasteiger partial charge in [0.15, 0.2) is 23.4 Å². The van der Waals surface area contributed by atoms with E-state index in [0.29, 0.717) is 17.9 Å². The summed E-state index contributed by atoms with van der Waals surface area (Å²) in [4.78, 5) is 0. The second-order valence-electron chi connectivity index (χ2n) is 5.89. The van der Waals surface area contributed by atoms with E-state index in [1.54, 1.807) is 0 Å². The van der Waals surface area contributed by atoms with Crippen LogP contribution in [0, 0.1) is 0 Å². The lowest BCUT2D eigenvalue weighted by Crippen LogP contribution is -2.33. The number of rotatable bonds is 4. The molecule has 2 aromatic carbocycles. The molecule has 0 aromatic heterocycles. The lowest BCUT2D eigenvalue weighted by Gasteiger charge is -2.37. The molecular formula is C17H19NO7S. The van der Waals surface area contributed by atoms with Gasteiger partial charge in [-0.25, -0.2) is 0 Å². The Hall–Kier alpha value is -2.49. The normalized spacial score (nSPS) is 21.8. The van der Waals surface area contributed by atoms with Crippen LogP contribution in [-0.4, -0.2) is 49.0 Å². The average molecular weight is 381 g/mol. The largest absolute Gasteiger partial charge is 0.508 e. The highest BCUT2D eigenvalue weighted by Gasteiger charge is 2.41. The number of ether oxygens (including phenoxy) is 1. The van der Waals surface area contributed by atoms with Crippen molar-refractivity contribution in [3.05, 3.63) is 35.4 Å². The van der Waals surface area contributed by atoms with Crippen molar-refractivity contribution in [3.8, 4) is 34.5 Å². The summed E-state index contributed by atoms with van der Waals surface area (Å²) in [5.41, 5.74) is 6.10. The van der Waals surface area contributed by atoms with Crippen LogP contribution in [-0.2, 0) is 0 Å². The summed E-state index contributed by atoms with van der Waals surface area (Å²) >= 11 is 1.31. The predicted molar refractivity (Wildman–Crippen MR) is 94.8 cm³/mol. The number of thioether (sulfide) groups is 1. The molecule has 2 aromatic rings. The van der Waals surface area contributed by atoms with Crippen molar-refractivity contribution < 1.29 is 35.4 Å². The molecule has 3 atom stereocenters. The van der Waals surface area contributed by atoms with Gasteiger partial charge in [-0.2, -0.15) is 0 Å². The molecule has 8 N–H and O–H groups in total. The Bertz CT molecular complexity index is 806. The molecule has 8 nitrogen and oxygen atoms in total. The van der Waals surface area contributed by atoms with Gasteiger partial charge in [0.2, 0.25) is 0 Å². The summed E-state index contributed by atoms with van der Waals surface area (Å²) in [5.74, 6) is -1.57. The first-order chi connectivity index (χ1) is 12.3. The molecule has 140 valence electrons. The van der Waals surface area contributed by atoms with E-state index in [0.717, 1.165) is 6.07 Å². The van der Waals surface area contributed by atoms with E-state index in [-0.39, 0.29) is 22.8 Å². The van der Waals surface area contributed by atoms with Gasteiger partial charge in [0.1, 0.15) is 23.4 Å². The summed E-state index contributed by atoms with van der Waals surface area (Å²) in [6.45, 7) is 0.356. The number of phenolic OH excluding ortho intramolecular Hbond substituents is 5. The van der Waals surface area contributed by atoms with Crippen LogP contribution in [0.3, 0.4) is 0 Å². The zero-order valence-electron chi connectivity index (χ0n) is 13.5. The first kappa shape index (κ1) is 18.3. The molecule has 26 heavy (non-hydrogen) atoms. The van der Waals surface area contributed by atoms with Crippen LogP contribution in [0.25, 0.3) is 0 Å². The third-order valence-electron chi connectivity index (χ3n) is 4.10. The second kappa shape index (κ2) is 7.02. The molecule has 0 spiro atoms. The van der Waals surface area contributed by atoms with Crippen molar-refractivity contribution in [2.45, 2.75) is 17.5 Å². The highest BCUT2D eigenvalue weighted by Crippen LogP contribution is 2.52. The number of hydrogen-bond acceptors (Lipinski definition) is 9.